The molecule has 5 N–H and O–H groups in total. The number of fused-ring (bicyclic) bond motifs is 5. The lowest BCUT2D eigenvalue weighted by molar-refractivity contribution is -0.181. The van der Waals surface area contributed by atoms with Gasteiger partial charge in [0.15, 0.2) is 23.6 Å². The van der Waals surface area contributed by atoms with Crippen molar-refractivity contribution < 1.29 is 58.3 Å². The van der Waals surface area contributed by atoms with Crippen LogP contribution in [0, 0.1) is 6.92 Å². The first-order valence-corrected chi connectivity index (χ1v) is 14.9. The number of rotatable bonds is 5. The molecule has 1 saturated heterocycles. The molecule has 1 fully saturated rings. The van der Waals surface area contributed by atoms with Crippen LogP contribution >= 0.6 is 0 Å². The molecule has 14 nitrogen and oxygen atoms in total. The van der Waals surface area contributed by atoms with Gasteiger partial charge in [-0.25, -0.2) is 4.79 Å². The Balaban J connectivity index is 1.63. The number of ether oxygens (including phenoxy) is 3. The van der Waals surface area contributed by atoms with Crippen molar-refractivity contribution in [1.29, 1.82) is 0 Å². The van der Waals surface area contributed by atoms with Gasteiger partial charge >= 0.3 is 5.97 Å². The van der Waals surface area contributed by atoms with Crippen LogP contribution in [0.4, 0.5) is 0 Å². The second-order valence-corrected chi connectivity index (χ2v) is 12.0. The number of esters is 1. The number of Topliss-reactive ketones (excluding diaryl/α,β-unsaturated/α-hetero) is 3. The van der Waals surface area contributed by atoms with Gasteiger partial charge in [0, 0.05) is 49.4 Å². The van der Waals surface area contributed by atoms with E-state index < -0.39 is 110 Å². The molecule has 0 saturated carbocycles. The Morgan fingerprint density at radius 1 is 1.02 bits per heavy atom. The maximum absolute atomic E-state index is 14.7. The average molecular weight is 649 g/mol. The molecule has 0 radical (unpaired) electrons. The molecule has 3 aliphatic carbocycles. The smallest absolute Gasteiger partial charge is 0.341 e. The predicted octanol–water partition coefficient (Wildman–Crippen LogP) is 0.669. The van der Waals surface area contributed by atoms with Crippen molar-refractivity contribution in [3.8, 4) is 11.5 Å². The molecular weight excluding hydrogens is 616 g/mol. The zero-order valence-corrected chi connectivity index (χ0v) is 25.8. The fraction of sp³-hybridized carbons (Fsp3) is 0.394. The predicted molar refractivity (Wildman–Crippen MR) is 159 cm³/mol. The molecular formula is C33H32N2O12. The third-order valence-electron chi connectivity index (χ3n) is 9.58. The number of carbonyl (C=O) groups is 6. The van der Waals surface area contributed by atoms with E-state index in [2.05, 4.69) is 0 Å². The van der Waals surface area contributed by atoms with E-state index in [1.807, 2.05) is 0 Å². The number of aromatic hydroxyl groups is 1. The average Bonchev–Trinajstić information content (AvgIpc) is 3.04. The second-order valence-electron chi connectivity index (χ2n) is 12.0. The summed E-state index contributed by atoms with van der Waals surface area (Å²) in [4.78, 5) is 82.9. The number of nitrogens with zero attached hydrogens (tertiary/aromatic N) is 1. The maximum Gasteiger partial charge on any atom is 0.341 e. The zero-order valence-electron chi connectivity index (χ0n) is 25.8. The van der Waals surface area contributed by atoms with E-state index in [0.29, 0.717) is 13.1 Å². The van der Waals surface area contributed by atoms with Crippen LogP contribution in [0.5, 0.6) is 11.5 Å². The van der Waals surface area contributed by atoms with E-state index in [4.69, 9.17) is 19.9 Å². The Hall–Kier alpha value is -4.92. The van der Waals surface area contributed by atoms with E-state index >= 15 is 0 Å². The summed E-state index contributed by atoms with van der Waals surface area (Å²) in [5.41, 5.74) is -3.67. The summed E-state index contributed by atoms with van der Waals surface area (Å²) in [6, 6.07) is 2.28. The van der Waals surface area contributed by atoms with Crippen LogP contribution < -0.4 is 10.5 Å². The number of allylic oxidation sites excluding steroid dienone is 2. The van der Waals surface area contributed by atoms with Crippen LogP contribution in [0.3, 0.4) is 0 Å². The van der Waals surface area contributed by atoms with E-state index in [-0.39, 0.29) is 16.7 Å². The number of aliphatic hydroxyl groups excluding tert-OH is 1. The highest BCUT2D eigenvalue weighted by Crippen LogP contribution is 2.57. The Morgan fingerprint density at radius 2 is 1.70 bits per heavy atom. The van der Waals surface area contributed by atoms with Gasteiger partial charge in [-0.3, -0.25) is 24.0 Å². The molecule has 246 valence electrons. The van der Waals surface area contributed by atoms with Crippen molar-refractivity contribution in [2.45, 2.75) is 49.9 Å². The highest BCUT2D eigenvalue weighted by atomic mass is 16.5. The summed E-state index contributed by atoms with van der Waals surface area (Å²) in [6.07, 6.45) is 0.955. The van der Waals surface area contributed by atoms with Crippen LogP contribution in [-0.4, -0.2) is 101 Å². The molecule has 0 spiro atoms. The van der Waals surface area contributed by atoms with E-state index in [9.17, 15) is 44.1 Å². The summed E-state index contributed by atoms with van der Waals surface area (Å²) in [6.45, 7) is 1.88. The van der Waals surface area contributed by atoms with Crippen LogP contribution in [0.15, 0.2) is 23.9 Å². The number of aliphatic hydroxyl groups is 2. The van der Waals surface area contributed by atoms with E-state index in [0.717, 1.165) is 45.6 Å². The largest absolute Gasteiger partial charge is 0.506 e. The third kappa shape index (κ3) is 4.21. The fourth-order valence-electron chi connectivity index (χ4n) is 7.36. The molecule has 2 aromatic carbocycles. The monoisotopic (exact) mass is 648 g/mol. The molecule has 1 amide bonds. The first-order chi connectivity index (χ1) is 22.3. The Labute approximate surface area is 267 Å². The summed E-state index contributed by atoms with van der Waals surface area (Å²) in [5, 5.41) is 35.5. The van der Waals surface area contributed by atoms with Crippen molar-refractivity contribution in [3.05, 3.63) is 68.4 Å². The minimum atomic E-state index is -3.16. The number of benzene rings is 2. The standard InChI is InChI=1S/C33H32N2O12/c1-14-9-15-10-20(37)33(46-3)30(42)24-17(11-16-23(27(24)40)19(36)12-18(34)26(16)39)29(41)32(33,44)25(15)28(22(14)31(43)45-2)47-13-21(38)35-7-5-4-6-8-35/h9,11-12,20,37,40,44H,4-8,10,13,34H2,1-3H3/t20?,32-,33+/m0/s1. The number of ketones is 4. The lowest BCUT2D eigenvalue weighted by Gasteiger charge is -2.53. The molecule has 0 aromatic heterocycles. The summed E-state index contributed by atoms with van der Waals surface area (Å²) in [5.74, 6) is -7.29. The summed E-state index contributed by atoms with van der Waals surface area (Å²) < 4.78 is 16.6. The fourth-order valence-corrected chi connectivity index (χ4v) is 7.36. The number of phenolic OH excluding ortho intramolecular Hbond substituents is 1. The van der Waals surface area contributed by atoms with Gasteiger partial charge in [0.1, 0.15) is 17.1 Å². The summed E-state index contributed by atoms with van der Waals surface area (Å²) >= 11 is 0. The first kappa shape index (κ1) is 32.0. The quantitative estimate of drug-likeness (QED) is 0.328. The minimum absolute atomic E-state index is 0.0865. The number of piperidine rings is 1. The van der Waals surface area contributed by atoms with Crippen LogP contribution in [0.25, 0.3) is 0 Å². The first-order valence-electron chi connectivity index (χ1n) is 14.9. The van der Waals surface area contributed by atoms with Crippen LogP contribution in [-0.2, 0) is 26.3 Å². The summed E-state index contributed by atoms with van der Waals surface area (Å²) in [7, 11) is 2.05. The second kappa shape index (κ2) is 11.1. The van der Waals surface area contributed by atoms with Crippen molar-refractivity contribution in [3.63, 3.8) is 0 Å². The molecule has 1 heterocycles. The lowest BCUT2D eigenvalue weighted by Crippen LogP contribution is -2.73. The number of nitrogens with two attached hydrogens (primary N) is 1. The van der Waals surface area contributed by atoms with E-state index in [1.165, 1.54) is 13.0 Å². The minimum Gasteiger partial charge on any atom is -0.506 e. The number of hydrogen-bond donors (Lipinski definition) is 4. The van der Waals surface area contributed by atoms with Crippen molar-refractivity contribution >= 4 is 35.0 Å². The normalized spacial score (nSPS) is 24.9. The van der Waals surface area contributed by atoms with Gasteiger partial charge in [-0.2, -0.15) is 0 Å². The molecule has 1 unspecified atom stereocenters. The SMILES string of the molecule is COC(=O)c1c(C)cc2c(c1OCC(=O)N1CCCCC1)[C@]1(O)C(=O)c3cc4c(c(O)c3C(=O)[C@]1(OC)C(O)C2)C(=O)C=C(N)C4=O. The molecule has 2 aromatic rings. The number of likely N-dealkylation sites (tertiary alicyclic amines) is 1. The Morgan fingerprint density at radius 3 is 2.34 bits per heavy atom. The number of carbonyl (C=O) groups excluding carboxylic acids is 6. The molecule has 1 aliphatic heterocycles. The number of aryl methyl sites for hydroxylation is 1. The number of amides is 1. The van der Waals surface area contributed by atoms with Crippen molar-refractivity contribution in [2.24, 2.45) is 5.73 Å². The van der Waals surface area contributed by atoms with Gasteiger partial charge in [0.2, 0.25) is 17.3 Å². The molecule has 47 heavy (non-hydrogen) atoms. The van der Waals surface area contributed by atoms with Gasteiger partial charge in [0.05, 0.1) is 30.0 Å². The van der Waals surface area contributed by atoms with Crippen LogP contribution in [0.1, 0.15) is 87.7 Å². The molecule has 6 rings (SSSR count). The highest BCUT2D eigenvalue weighted by Gasteiger charge is 2.72. The number of hydrogen-bond acceptors (Lipinski definition) is 13. The Bertz CT molecular complexity index is 1860. The zero-order chi connectivity index (χ0) is 34.2. The number of phenols is 1. The molecule has 0 bridgehead atoms. The maximum atomic E-state index is 14.7. The van der Waals surface area contributed by atoms with Gasteiger partial charge < -0.3 is 40.2 Å². The van der Waals surface area contributed by atoms with Crippen LogP contribution in [0.2, 0.25) is 0 Å². The molecule has 3 atom stereocenters. The Kier molecular flexibility index (Phi) is 7.57. The van der Waals surface area contributed by atoms with E-state index in [1.54, 1.807) is 4.90 Å². The molecule has 4 aliphatic rings. The lowest BCUT2D eigenvalue weighted by atomic mass is 9.56. The van der Waals surface area contributed by atoms with Gasteiger partial charge in [-0.15, -0.1) is 0 Å². The van der Waals surface area contributed by atoms with Gasteiger partial charge in [-0.05, 0) is 43.4 Å². The van der Waals surface area contributed by atoms with Gasteiger partial charge in [0.25, 0.3) is 5.91 Å². The van der Waals surface area contributed by atoms with Gasteiger partial charge in [-0.1, -0.05) is 6.07 Å². The highest BCUT2D eigenvalue weighted by molar-refractivity contribution is 6.30. The van der Waals surface area contributed by atoms with Crippen molar-refractivity contribution in [1.82, 2.24) is 4.90 Å². The molecule has 14 heteroatoms. The number of methoxy groups -OCH3 is 2. The topological polar surface area (TPSA) is 220 Å². The third-order valence-corrected chi connectivity index (χ3v) is 9.58. The van der Waals surface area contributed by atoms with Crippen molar-refractivity contribution in [2.75, 3.05) is 33.9 Å².